The van der Waals surface area contributed by atoms with E-state index in [4.69, 9.17) is 4.52 Å². The number of rotatable bonds is 5. The molecule has 2 aromatic rings. The molecule has 4 heteroatoms. The van der Waals surface area contributed by atoms with E-state index < -0.39 is 0 Å². The molecule has 0 saturated carbocycles. The summed E-state index contributed by atoms with van der Waals surface area (Å²) in [4.78, 5) is 5.66. The predicted molar refractivity (Wildman–Crippen MR) is 78.3 cm³/mol. The third-order valence-corrected chi connectivity index (χ3v) is 3.93. The fourth-order valence-electron chi connectivity index (χ4n) is 1.73. The molecule has 0 aliphatic rings. The van der Waals surface area contributed by atoms with Gasteiger partial charge in [-0.3, -0.25) is 0 Å². The summed E-state index contributed by atoms with van der Waals surface area (Å²) in [5.74, 6) is 2.81. The molecule has 0 amide bonds. The van der Waals surface area contributed by atoms with Gasteiger partial charge in [-0.05, 0) is 43.0 Å². The van der Waals surface area contributed by atoms with Gasteiger partial charge in [0.25, 0.3) is 0 Å². The maximum Gasteiger partial charge on any atom is 0.226 e. The molecule has 0 saturated heterocycles. The van der Waals surface area contributed by atoms with Crippen molar-refractivity contribution in [3.8, 4) is 0 Å². The van der Waals surface area contributed by atoms with Gasteiger partial charge in [-0.15, -0.1) is 11.8 Å². The van der Waals surface area contributed by atoms with Crippen molar-refractivity contribution in [3.63, 3.8) is 0 Å². The fourth-order valence-corrected chi connectivity index (χ4v) is 2.57. The van der Waals surface area contributed by atoms with Crippen molar-refractivity contribution >= 4 is 11.8 Å². The summed E-state index contributed by atoms with van der Waals surface area (Å²) in [6, 6.07) is 6.50. The van der Waals surface area contributed by atoms with Gasteiger partial charge in [0.1, 0.15) is 0 Å². The SMILES string of the molecule is Cc1ccc(SCc2noc(CC(C)C)n2)cc1C. The van der Waals surface area contributed by atoms with Gasteiger partial charge in [-0.2, -0.15) is 4.98 Å². The molecule has 0 unspecified atom stereocenters. The van der Waals surface area contributed by atoms with Gasteiger partial charge in [0, 0.05) is 11.3 Å². The summed E-state index contributed by atoms with van der Waals surface area (Å²) in [5.41, 5.74) is 2.64. The lowest BCUT2D eigenvalue weighted by molar-refractivity contribution is 0.360. The first-order chi connectivity index (χ1) is 9.04. The Hall–Kier alpha value is -1.29. The van der Waals surface area contributed by atoms with E-state index in [1.165, 1.54) is 16.0 Å². The second-order valence-corrected chi connectivity index (χ2v) is 6.29. The lowest BCUT2D eigenvalue weighted by atomic mass is 10.1. The van der Waals surface area contributed by atoms with E-state index in [0.717, 1.165) is 23.9 Å². The van der Waals surface area contributed by atoms with Crippen molar-refractivity contribution in [2.75, 3.05) is 0 Å². The lowest BCUT2D eigenvalue weighted by Crippen LogP contribution is -1.94. The van der Waals surface area contributed by atoms with E-state index in [1.54, 1.807) is 11.8 Å². The smallest absolute Gasteiger partial charge is 0.226 e. The Balaban J connectivity index is 1.94. The molecule has 0 N–H and O–H groups in total. The maximum atomic E-state index is 5.23. The third-order valence-electron chi connectivity index (χ3n) is 2.94. The second-order valence-electron chi connectivity index (χ2n) is 5.24. The molecule has 2 rings (SSSR count). The minimum absolute atomic E-state index is 0.542. The van der Waals surface area contributed by atoms with Crippen LogP contribution in [0.3, 0.4) is 0 Å². The average Bonchev–Trinajstić information content (AvgIpc) is 2.77. The molecular weight excluding hydrogens is 256 g/mol. The molecule has 1 aromatic heterocycles. The topological polar surface area (TPSA) is 38.9 Å². The summed E-state index contributed by atoms with van der Waals surface area (Å²) >= 11 is 1.74. The van der Waals surface area contributed by atoms with Crippen LogP contribution in [0.5, 0.6) is 0 Å². The van der Waals surface area contributed by atoms with Crippen molar-refractivity contribution in [3.05, 3.63) is 41.0 Å². The first-order valence-electron chi connectivity index (χ1n) is 6.56. The van der Waals surface area contributed by atoms with Gasteiger partial charge in [-0.1, -0.05) is 25.1 Å². The van der Waals surface area contributed by atoms with Crippen LogP contribution < -0.4 is 0 Å². The van der Waals surface area contributed by atoms with Crippen LogP contribution in [-0.4, -0.2) is 10.1 Å². The molecule has 1 aromatic carbocycles. The third kappa shape index (κ3) is 4.10. The molecule has 1 heterocycles. The van der Waals surface area contributed by atoms with Crippen LogP contribution >= 0.6 is 11.8 Å². The number of aryl methyl sites for hydroxylation is 2. The van der Waals surface area contributed by atoms with E-state index >= 15 is 0 Å². The minimum Gasteiger partial charge on any atom is -0.339 e. The van der Waals surface area contributed by atoms with Crippen molar-refractivity contribution in [2.24, 2.45) is 5.92 Å². The largest absolute Gasteiger partial charge is 0.339 e. The van der Waals surface area contributed by atoms with Crippen molar-refractivity contribution in [1.82, 2.24) is 10.1 Å². The fraction of sp³-hybridized carbons (Fsp3) is 0.467. The first kappa shape index (κ1) is 14.1. The summed E-state index contributed by atoms with van der Waals surface area (Å²) in [6.45, 7) is 8.55. The highest BCUT2D eigenvalue weighted by Crippen LogP contribution is 2.24. The molecule has 0 bridgehead atoms. The maximum absolute atomic E-state index is 5.23. The summed E-state index contributed by atoms with van der Waals surface area (Å²) in [5, 5.41) is 4.02. The first-order valence-corrected chi connectivity index (χ1v) is 7.54. The Morgan fingerprint density at radius 2 is 2.00 bits per heavy atom. The van der Waals surface area contributed by atoms with Crippen LogP contribution in [0.1, 0.15) is 36.7 Å². The molecule has 0 aliphatic carbocycles. The molecule has 0 radical (unpaired) electrons. The van der Waals surface area contributed by atoms with E-state index in [0.29, 0.717) is 5.92 Å². The molecule has 0 atom stereocenters. The zero-order valence-electron chi connectivity index (χ0n) is 11.9. The zero-order chi connectivity index (χ0) is 13.8. The zero-order valence-corrected chi connectivity index (χ0v) is 12.8. The van der Waals surface area contributed by atoms with Crippen LogP contribution in [0.15, 0.2) is 27.6 Å². The van der Waals surface area contributed by atoms with Gasteiger partial charge >= 0.3 is 0 Å². The standard InChI is InChI=1S/C15H20N2OS/c1-10(2)7-15-16-14(17-18-15)9-19-13-6-5-11(3)12(4)8-13/h5-6,8,10H,7,9H2,1-4H3. The van der Waals surface area contributed by atoms with Gasteiger partial charge in [-0.25, -0.2) is 0 Å². The molecular formula is C15H20N2OS. The normalized spacial score (nSPS) is 11.2. The number of thioether (sulfide) groups is 1. The molecule has 0 spiro atoms. The van der Waals surface area contributed by atoms with Crippen LogP contribution in [0.4, 0.5) is 0 Å². The summed E-state index contributed by atoms with van der Waals surface area (Å²) < 4.78 is 5.23. The van der Waals surface area contributed by atoms with Crippen LogP contribution in [0.2, 0.25) is 0 Å². The van der Waals surface area contributed by atoms with E-state index in [9.17, 15) is 0 Å². The Morgan fingerprint density at radius 3 is 2.68 bits per heavy atom. The van der Waals surface area contributed by atoms with E-state index in [2.05, 4.69) is 56.0 Å². The number of hydrogen-bond donors (Lipinski definition) is 0. The Kier molecular flexibility index (Phi) is 4.64. The number of benzene rings is 1. The Bertz CT molecular complexity index is 549. The van der Waals surface area contributed by atoms with Gasteiger partial charge in [0.15, 0.2) is 5.82 Å². The Morgan fingerprint density at radius 1 is 1.21 bits per heavy atom. The van der Waals surface area contributed by atoms with Crippen molar-refractivity contribution in [2.45, 2.75) is 44.8 Å². The molecule has 102 valence electrons. The van der Waals surface area contributed by atoms with Gasteiger partial charge in [0.2, 0.25) is 5.89 Å². The highest BCUT2D eigenvalue weighted by atomic mass is 32.2. The van der Waals surface area contributed by atoms with Crippen LogP contribution in [-0.2, 0) is 12.2 Å². The lowest BCUT2D eigenvalue weighted by Gasteiger charge is -2.03. The second kappa shape index (κ2) is 6.24. The van der Waals surface area contributed by atoms with Gasteiger partial charge < -0.3 is 4.52 Å². The number of nitrogens with zero attached hydrogens (tertiary/aromatic N) is 2. The average molecular weight is 276 g/mol. The van der Waals surface area contributed by atoms with E-state index in [-0.39, 0.29) is 0 Å². The van der Waals surface area contributed by atoms with Crippen molar-refractivity contribution in [1.29, 1.82) is 0 Å². The van der Waals surface area contributed by atoms with Crippen LogP contribution in [0.25, 0.3) is 0 Å². The highest BCUT2D eigenvalue weighted by molar-refractivity contribution is 7.98. The molecule has 0 fully saturated rings. The monoisotopic (exact) mass is 276 g/mol. The van der Waals surface area contributed by atoms with Gasteiger partial charge in [0.05, 0.1) is 5.75 Å². The molecule has 19 heavy (non-hydrogen) atoms. The number of hydrogen-bond acceptors (Lipinski definition) is 4. The van der Waals surface area contributed by atoms with Crippen LogP contribution in [0, 0.1) is 19.8 Å². The highest BCUT2D eigenvalue weighted by Gasteiger charge is 2.08. The van der Waals surface area contributed by atoms with E-state index in [1.807, 2.05) is 0 Å². The Labute approximate surface area is 118 Å². The minimum atomic E-state index is 0.542. The predicted octanol–water partition coefficient (Wildman–Crippen LogP) is 4.18. The quantitative estimate of drug-likeness (QED) is 0.768. The number of aromatic nitrogens is 2. The summed E-state index contributed by atoms with van der Waals surface area (Å²) in [6.07, 6.45) is 0.849. The summed E-state index contributed by atoms with van der Waals surface area (Å²) in [7, 11) is 0. The molecule has 3 nitrogen and oxygen atoms in total. The molecule has 0 aliphatic heterocycles. The van der Waals surface area contributed by atoms with Crippen molar-refractivity contribution < 1.29 is 4.52 Å².